The predicted octanol–water partition coefficient (Wildman–Crippen LogP) is 3.22. The minimum atomic E-state index is 0. The Balaban J connectivity index is 0.00000289. The van der Waals surface area contributed by atoms with E-state index in [9.17, 15) is 4.79 Å². The Morgan fingerprint density at radius 1 is 1.17 bits per heavy atom. The number of likely N-dealkylation sites (N-methyl/N-ethyl adjacent to an activating group) is 1. The maximum Gasteiger partial charge on any atom is 0.238 e. The highest BCUT2D eigenvalue weighted by Gasteiger charge is 2.09. The summed E-state index contributed by atoms with van der Waals surface area (Å²) in [6.07, 6.45) is 0. The summed E-state index contributed by atoms with van der Waals surface area (Å²) in [5.74, 6) is 0.0612. The summed E-state index contributed by atoms with van der Waals surface area (Å²) in [4.78, 5) is 14.0. The van der Waals surface area contributed by atoms with Gasteiger partial charge in [0.1, 0.15) is 0 Å². The molecule has 1 rings (SSSR count). The van der Waals surface area contributed by atoms with Crippen LogP contribution >= 0.6 is 0 Å². The zero-order valence-corrected chi connectivity index (χ0v) is 11.2. The Morgan fingerprint density at radius 2 is 1.67 bits per heavy atom. The number of carbonyl (C=O) groups excluding carboxylic acids is 1. The molecule has 0 fully saturated rings. The molecule has 1 aromatic rings. The van der Waals surface area contributed by atoms with Crippen molar-refractivity contribution in [2.75, 3.05) is 25.0 Å². The molecule has 1 N–H and O–H groups in total. The fourth-order valence-corrected chi connectivity index (χ4v) is 1.84. The molecule has 102 valence electrons. The molecule has 0 aliphatic carbocycles. The number of hydrogen-bond donors (Lipinski definition) is 1. The van der Waals surface area contributed by atoms with Crippen LogP contribution in [0.1, 0.15) is 32.4 Å². The molecule has 3 nitrogen and oxygen atoms in total. The molecule has 0 aliphatic rings. The van der Waals surface area contributed by atoms with E-state index < -0.39 is 0 Å². The first-order valence-electron chi connectivity index (χ1n) is 6.16. The average molecular weight is 250 g/mol. The highest BCUT2D eigenvalue weighted by molar-refractivity contribution is 5.93. The first kappa shape index (κ1) is 16.6. The lowest BCUT2D eigenvalue weighted by Crippen LogP contribution is -2.33. The quantitative estimate of drug-likeness (QED) is 0.870. The lowest BCUT2D eigenvalue weighted by atomic mass is 10.1. The maximum absolute atomic E-state index is 11.9. The van der Waals surface area contributed by atoms with Gasteiger partial charge in [-0.1, -0.05) is 39.5 Å². The molecule has 0 heterocycles. The van der Waals surface area contributed by atoms with Crippen molar-refractivity contribution in [2.45, 2.75) is 35.1 Å². The van der Waals surface area contributed by atoms with Crippen LogP contribution in [0.5, 0.6) is 0 Å². The molecule has 0 aromatic heterocycles. The molecule has 0 saturated carbocycles. The van der Waals surface area contributed by atoms with Gasteiger partial charge in [0.15, 0.2) is 0 Å². The third kappa shape index (κ3) is 4.49. The minimum absolute atomic E-state index is 0. The highest BCUT2D eigenvalue weighted by atomic mass is 16.2. The lowest BCUT2D eigenvalue weighted by Gasteiger charge is -2.18. The van der Waals surface area contributed by atoms with E-state index in [1.807, 2.05) is 32.0 Å². The van der Waals surface area contributed by atoms with Crippen molar-refractivity contribution in [1.29, 1.82) is 0 Å². The second-order valence-corrected chi connectivity index (χ2v) is 4.28. The molecule has 1 amide bonds. The Morgan fingerprint density at radius 3 is 2.11 bits per heavy atom. The molecule has 0 saturated heterocycles. The van der Waals surface area contributed by atoms with Gasteiger partial charge in [0.05, 0.1) is 6.54 Å². The van der Waals surface area contributed by atoms with Gasteiger partial charge in [0, 0.05) is 5.69 Å². The fraction of sp³-hybridized carbons (Fsp3) is 0.533. The van der Waals surface area contributed by atoms with Crippen LogP contribution in [0.3, 0.4) is 0 Å². The van der Waals surface area contributed by atoms with Crippen LogP contribution in [0.2, 0.25) is 0 Å². The summed E-state index contributed by atoms with van der Waals surface area (Å²) in [5, 5.41) is 3.00. The van der Waals surface area contributed by atoms with Crippen molar-refractivity contribution in [3.05, 3.63) is 29.3 Å². The van der Waals surface area contributed by atoms with E-state index in [1.54, 1.807) is 0 Å². The number of benzene rings is 1. The summed E-state index contributed by atoms with van der Waals surface area (Å²) in [5.41, 5.74) is 3.17. The Kier molecular flexibility index (Phi) is 7.29. The van der Waals surface area contributed by atoms with Gasteiger partial charge in [-0.15, -0.1) is 0 Å². The van der Waals surface area contributed by atoms with E-state index in [1.165, 1.54) is 0 Å². The Hall–Kier alpha value is -1.35. The van der Waals surface area contributed by atoms with E-state index in [4.69, 9.17) is 0 Å². The van der Waals surface area contributed by atoms with Crippen LogP contribution in [0, 0.1) is 13.8 Å². The number of rotatable bonds is 5. The van der Waals surface area contributed by atoms with E-state index in [0.29, 0.717) is 6.54 Å². The molecule has 0 radical (unpaired) electrons. The monoisotopic (exact) mass is 250 g/mol. The summed E-state index contributed by atoms with van der Waals surface area (Å²) >= 11 is 0. The molecule has 18 heavy (non-hydrogen) atoms. The maximum atomic E-state index is 11.9. The van der Waals surface area contributed by atoms with Gasteiger partial charge in [-0.25, -0.2) is 0 Å². The molecular weight excluding hydrogens is 224 g/mol. The van der Waals surface area contributed by atoms with E-state index >= 15 is 0 Å². The van der Waals surface area contributed by atoms with Crippen molar-refractivity contribution < 1.29 is 4.79 Å². The van der Waals surface area contributed by atoms with Gasteiger partial charge in [-0.2, -0.15) is 0 Å². The zero-order chi connectivity index (χ0) is 12.8. The molecule has 3 heteroatoms. The largest absolute Gasteiger partial charge is 0.324 e. The molecule has 0 aliphatic heterocycles. The number of hydrogen-bond acceptors (Lipinski definition) is 2. The number of nitrogens with zero attached hydrogens (tertiary/aromatic N) is 1. The normalized spacial score (nSPS) is 10.1. The van der Waals surface area contributed by atoms with E-state index in [-0.39, 0.29) is 13.3 Å². The highest BCUT2D eigenvalue weighted by Crippen LogP contribution is 2.19. The van der Waals surface area contributed by atoms with Crippen molar-refractivity contribution in [3.8, 4) is 0 Å². The predicted molar refractivity (Wildman–Crippen MR) is 79.1 cm³/mol. The van der Waals surface area contributed by atoms with E-state index in [2.05, 4.69) is 24.1 Å². The van der Waals surface area contributed by atoms with Crippen LogP contribution in [-0.2, 0) is 4.79 Å². The van der Waals surface area contributed by atoms with Gasteiger partial charge in [0.2, 0.25) is 5.91 Å². The van der Waals surface area contributed by atoms with Crippen molar-refractivity contribution >= 4 is 11.6 Å². The lowest BCUT2D eigenvalue weighted by molar-refractivity contribution is -0.117. The number of anilines is 1. The summed E-state index contributed by atoms with van der Waals surface area (Å²) in [6.45, 7) is 10.4. The molecule has 1 aromatic carbocycles. The molecular formula is C15H26N2O. The van der Waals surface area contributed by atoms with Crippen LogP contribution < -0.4 is 5.32 Å². The first-order chi connectivity index (χ1) is 8.08. The third-order valence-electron chi connectivity index (χ3n) is 3.01. The SMILES string of the molecule is C.CCN(CC)CC(=O)Nc1c(C)cccc1C. The molecule has 0 unspecified atom stereocenters. The van der Waals surface area contributed by atoms with E-state index in [0.717, 1.165) is 29.9 Å². The smallest absolute Gasteiger partial charge is 0.238 e. The van der Waals surface area contributed by atoms with Crippen LogP contribution in [0.4, 0.5) is 5.69 Å². The minimum Gasteiger partial charge on any atom is -0.324 e. The average Bonchev–Trinajstić information content (AvgIpc) is 2.31. The van der Waals surface area contributed by atoms with Gasteiger partial charge in [0.25, 0.3) is 0 Å². The van der Waals surface area contributed by atoms with Gasteiger partial charge >= 0.3 is 0 Å². The third-order valence-corrected chi connectivity index (χ3v) is 3.01. The van der Waals surface area contributed by atoms with Gasteiger partial charge in [-0.3, -0.25) is 9.69 Å². The van der Waals surface area contributed by atoms with Crippen LogP contribution in [0.25, 0.3) is 0 Å². The number of para-hydroxylation sites is 1. The standard InChI is InChI=1S/C14H22N2O.CH4/c1-5-16(6-2)10-13(17)15-14-11(3)8-7-9-12(14)4;/h7-9H,5-6,10H2,1-4H3,(H,15,17);1H4. The second-order valence-electron chi connectivity index (χ2n) is 4.28. The first-order valence-corrected chi connectivity index (χ1v) is 6.16. The summed E-state index contributed by atoms with van der Waals surface area (Å²) < 4.78 is 0. The topological polar surface area (TPSA) is 32.3 Å². The zero-order valence-electron chi connectivity index (χ0n) is 11.2. The Labute approximate surface area is 111 Å². The van der Waals surface area contributed by atoms with Crippen molar-refractivity contribution in [1.82, 2.24) is 4.90 Å². The Bertz CT molecular complexity index is 364. The number of aryl methyl sites for hydroxylation is 2. The number of nitrogens with one attached hydrogen (secondary N) is 1. The summed E-state index contributed by atoms with van der Waals surface area (Å²) in [6, 6.07) is 6.03. The fourth-order valence-electron chi connectivity index (χ4n) is 1.84. The van der Waals surface area contributed by atoms with Crippen LogP contribution in [0.15, 0.2) is 18.2 Å². The van der Waals surface area contributed by atoms with Crippen molar-refractivity contribution in [2.24, 2.45) is 0 Å². The number of amides is 1. The molecule has 0 atom stereocenters. The van der Waals surface area contributed by atoms with Crippen LogP contribution in [-0.4, -0.2) is 30.4 Å². The molecule has 0 bridgehead atoms. The second kappa shape index (κ2) is 7.88. The number of carbonyl (C=O) groups is 1. The van der Waals surface area contributed by atoms with Crippen molar-refractivity contribution in [3.63, 3.8) is 0 Å². The van der Waals surface area contributed by atoms with Gasteiger partial charge in [-0.05, 0) is 38.1 Å². The summed E-state index contributed by atoms with van der Waals surface area (Å²) in [7, 11) is 0. The molecule has 0 spiro atoms. The van der Waals surface area contributed by atoms with Gasteiger partial charge < -0.3 is 5.32 Å².